The number of carboxylic acid groups (broad SMARTS) is 2. The standard InChI is InChI=1S/C23H35O5P.C23H23O2P.C18H27O4P.2H2/c24-21-16-22(25)20(19(21)10-6-1-2-7-11-23(26)27)15-14-18(28-29)13-12-17-8-4-3-5-9-17;24-23(25)18-10-11-19-26(20-12-4-1-5-13-20,21-14-6-2-7-15-21)22-16-8-3-9-17-22;19-16-11-17-15(10-18(20)21-17)14(16)9-8-13(22-23)7-6-12-4-2-1-3-5-12;;/h1,3-6,8-9,18-22,24-25H,2,7,10-16,29H2,(H,26,27);1-9,12-17,19H,10-11,18H2,(H,24,25);1-5,13-20H,6-11,23H2;2*1H/p-1/b6-1-;;;;/t18-,19+,20+,21-,22+;;13-,14+,15+,16+,17-,18?;;/m0.0../s1/i;;;2*1+2. The summed E-state index contributed by atoms with van der Waals surface area (Å²) in [4.78, 5) is 21.4. The van der Waals surface area contributed by atoms with Crippen molar-refractivity contribution in [3.8, 4) is 0 Å². The number of ether oxygens (including phenoxy) is 1. The Kier molecular flexibility index (Phi) is 27.4. The molecule has 2 saturated carbocycles. The Morgan fingerprint density at radius 2 is 1.04 bits per heavy atom. The number of aliphatic hydroxyl groups excluding tert-OH is 4. The molecule has 5 aromatic carbocycles. The fraction of sp³-hybridized carbons (Fsp3) is 0.453. The molecule has 11 nitrogen and oxygen atoms in total. The molecule has 14 heteroatoms. The zero-order chi connectivity index (χ0) is 55.5. The van der Waals surface area contributed by atoms with Gasteiger partial charge in [0, 0.05) is 47.0 Å². The van der Waals surface area contributed by atoms with Crippen molar-refractivity contribution < 1.29 is 56.9 Å². The second kappa shape index (κ2) is 34.1. The van der Waals surface area contributed by atoms with Crippen LogP contribution in [0, 0.1) is 23.7 Å². The summed E-state index contributed by atoms with van der Waals surface area (Å²) in [6.07, 6.45) is 15.2. The molecule has 1 aliphatic heterocycles. The number of benzene rings is 5. The highest BCUT2D eigenvalue weighted by Gasteiger charge is 2.48. The van der Waals surface area contributed by atoms with Gasteiger partial charge in [0.25, 0.3) is 0 Å². The van der Waals surface area contributed by atoms with Crippen LogP contribution in [0.3, 0.4) is 0 Å². The summed E-state index contributed by atoms with van der Waals surface area (Å²) in [7, 11) is 4.75. The van der Waals surface area contributed by atoms with Crippen LogP contribution >= 0.6 is 25.8 Å². The van der Waals surface area contributed by atoms with Gasteiger partial charge in [0.1, 0.15) is 0 Å². The lowest BCUT2D eigenvalue weighted by Gasteiger charge is -2.29. The first-order valence-electron chi connectivity index (χ1n) is 28.0. The first-order chi connectivity index (χ1) is 37.9. The smallest absolute Gasteiger partial charge is 0.303 e. The first kappa shape index (κ1) is 62.9. The average molecular weight is 1130 g/mol. The van der Waals surface area contributed by atoms with Crippen LogP contribution in [0.2, 0.25) is 0 Å². The minimum atomic E-state index is -1.95. The summed E-state index contributed by atoms with van der Waals surface area (Å²) in [5.41, 5.74) is 2.62. The Morgan fingerprint density at radius 3 is 1.51 bits per heavy atom. The summed E-state index contributed by atoms with van der Waals surface area (Å²) in [6, 6.07) is 52.4. The highest BCUT2D eigenvalue weighted by atomic mass is 31.2. The van der Waals surface area contributed by atoms with Crippen molar-refractivity contribution in [3.05, 3.63) is 175 Å². The van der Waals surface area contributed by atoms with Crippen molar-refractivity contribution in [2.75, 3.05) is 0 Å². The number of aryl methyl sites for hydroxylation is 2. The Labute approximate surface area is 471 Å². The van der Waals surface area contributed by atoms with E-state index in [-0.39, 0.29) is 57.9 Å². The molecule has 1 heterocycles. The van der Waals surface area contributed by atoms with Gasteiger partial charge < -0.3 is 49.2 Å². The van der Waals surface area contributed by atoms with E-state index in [0.29, 0.717) is 44.4 Å². The summed E-state index contributed by atoms with van der Waals surface area (Å²) in [5.74, 6) is 1.21. The third-order valence-electron chi connectivity index (χ3n) is 15.9. The normalized spacial score (nSPS) is 23.3. The predicted molar refractivity (Wildman–Crippen MR) is 323 cm³/mol. The molecule has 0 amide bonds. The van der Waals surface area contributed by atoms with Crippen molar-refractivity contribution in [2.24, 2.45) is 23.7 Å². The number of carbonyl (C=O) groups is 2. The van der Waals surface area contributed by atoms with E-state index < -0.39 is 37.3 Å². The fourth-order valence-corrected chi connectivity index (χ4v) is 16.3. The summed E-state index contributed by atoms with van der Waals surface area (Å²) < 4.78 is 16.6. The lowest BCUT2D eigenvalue weighted by atomic mass is 9.85. The van der Waals surface area contributed by atoms with E-state index in [9.17, 15) is 35.1 Å². The molecule has 78 heavy (non-hydrogen) atoms. The SMILES string of the molecule is O=C(O)CCC/C=C\C[C@@H]1[C@@H](CC[C@H](CCc2ccccc2)OP)[C@H](O)C[C@@H]1O.O=C([O-])CCCC=P(c1ccccc1)(c1ccccc1)c1ccccc1.OC1C[C@@H]2[C@@H](CC[C@H](CCc3ccccc3)OP)[C@H](O)C[C@@H]2O1.[3HH].[3HH]. The van der Waals surface area contributed by atoms with Crippen LogP contribution in [-0.2, 0) is 36.2 Å². The Bertz CT molecular complexity index is 2450. The van der Waals surface area contributed by atoms with Crippen LogP contribution in [0.4, 0.5) is 0 Å². The number of aliphatic carboxylic acids is 2. The van der Waals surface area contributed by atoms with E-state index in [2.05, 4.69) is 134 Å². The van der Waals surface area contributed by atoms with E-state index in [1.165, 1.54) is 27.0 Å². The molecule has 13 atom stereocenters. The van der Waals surface area contributed by atoms with Crippen molar-refractivity contribution in [2.45, 2.75) is 158 Å². The molecule has 0 aromatic heterocycles. The molecular formula is C64H88O11P3-. The number of carboxylic acids is 2. The van der Waals surface area contributed by atoms with Gasteiger partial charge in [-0.2, -0.15) is 0 Å². The van der Waals surface area contributed by atoms with Gasteiger partial charge in [0.05, 0.1) is 36.6 Å². The number of rotatable bonds is 27. The number of unbranched alkanes of at least 4 members (excludes halogenated alkanes) is 2. The molecule has 5 aromatic rings. The topological polar surface area (TPSA) is 186 Å². The maximum Gasteiger partial charge on any atom is 0.303 e. The van der Waals surface area contributed by atoms with Crippen molar-refractivity contribution in [1.29, 1.82) is 0 Å². The van der Waals surface area contributed by atoms with Gasteiger partial charge in [-0.1, -0.05) is 170 Å². The Morgan fingerprint density at radius 1 is 0.590 bits per heavy atom. The van der Waals surface area contributed by atoms with E-state index in [4.69, 9.17) is 18.9 Å². The highest BCUT2D eigenvalue weighted by Crippen LogP contribution is 2.46. The van der Waals surface area contributed by atoms with Crippen molar-refractivity contribution in [1.82, 2.24) is 0 Å². The molecule has 5 N–H and O–H groups in total. The molecule has 0 spiro atoms. The van der Waals surface area contributed by atoms with Gasteiger partial charge >= 0.3 is 5.97 Å². The maximum absolute atomic E-state index is 10.8. The lowest BCUT2D eigenvalue weighted by molar-refractivity contribution is -0.305. The highest BCUT2D eigenvalue weighted by molar-refractivity contribution is 7.94. The molecule has 3 unspecified atom stereocenters. The van der Waals surface area contributed by atoms with Crippen LogP contribution in [0.5, 0.6) is 0 Å². The molecule has 0 radical (unpaired) electrons. The van der Waals surface area contributed by atoms with Crippen LogP contribution in [0.25, 0.3) is 0 Å². The average Bonchev–Trinajstić information content (AvgIpc) is 4.09. The summed E-state index contributed by atoms with van der Waals surface area (Å²) in [5, 5.41) is 64.0. The molecule has 3 aliphatic rings. The largest absolute Gasteiger partial charge is 0.550 e. The third-order valence-corrected chi connectivity index (χ3v) is 20.8. The molecule has 1 saturated heterocycles. The van der Waals surface area contributed by atoms with Crippen LogP contribution < -0.4 is 21.0 Å². The number of aliphatic hydroxyl groups is 4. The molecular weight excluding hydrogens is 1040 g/mol. The quantitative estimate of drug-likeness (QED) is 0.0191. The number of carbonyl (C=O) groups excluding carboxylic acids is 1. The monoisotopic (exact) mass is 1130 g/mol. The van der Waals surface area contributed by atoms with Gasteiger partial charge in [-0.15, -0.1) is 0 Å². The summed E-state index contributed by atoms with van der Waals surface area (Å²) in [6.45, 7) is -1.95. The minimum Gasteiger partial charge on any atom is -0.550 e. The molecule has 0 bridgehead atoms. The van der Waals surface area contributed by atoms with E-state index in [0.717, 1.165) is 64.2 Å². The second-order valence-electron chi connectivity index (χ2n) is 21.1. The molecule has 3 fully saturated rings. The second-order valence-corrected chi connectivity index (χ2v) is 25.0. The first-order valence-corrected chi connectivity index (χ1v) is 30.8. The third kappa shape index (κ3) is 19.7. The van der Waals surface area contributed by atoms with Gasteiger partial charge in [-0.3, -0.25) is 4.79 Å². The van der Waals surface area contributed by atoms with Crippen molar-refractivity contribution in [3.63, 3.8) is 0 Å². The van der Waals surface area contributed by atoms with Gasteiger partial charge in [-0.25, -0.2) is 0 Å². The minimum absolute atomic E-state index is 0. The van der Waals surface area contributed by atoms with E-state index in [1.54, 1.807) is 0 Å². The number of allylic oxidation sites excluding steroid dienone is 2. The fourth-order valence-electron chi connectivity index (χ4n) is 11.7. The van der Waals surface area contributed by atoms with Gasteiger partial charge in [-0.05, 0) is 154 Å². The lowest BCUT2D eigenvalue weighted by Crippen LogP contribution is -2.27. The van der Waals surface area contributed by atoms with Crippen LogP contribution in [0.1, 0.15) is 117 Å². The van der Waals surface area contributed by atoms with E-state index >= 15 is 0 Å². The van der Waals surface area contributed by atoms with Crippen molar-refractivity contribution >= 4 is 59.5 Å². The predicted octanol–water partition coefficient (Wildman–Crippen LogP) is 10.0. The Hall–Kier alpha value is -4.34. The summed E-state index contributed by atoms with van der Waals surface area (Å²) >= 11 is 0. The number of fused-ring (bicyclic) bond motifs is 1. The van der Waals surface area contributed by atoms with Crippen LogP contribution in [0.15, 0.2) is 164 Å². The Balaban J connectivity index is 0.000000257. The molecule has 8 rings (SSSR count). The number of hydrogen-bond donors (Lipinski definition) is 5. The maximum atomic E-state index is 10.8. The van der Waals surface area contributed by atoms with Crippen LogP contribution in [-0.4, -0.2) is 86.2 Å². The molecule has 2 aliphatic carbocycles. The zero-order valence-electron chi connectivity index (χ0n) is 45.0. The van der Waals surface area contributed by atoms with Gasteiger partial charge in [0.15, 0.2) is 6.29 Å². The van der Waals surface area contributed by atoms with Gasteiger partial charge in [0.2, 0.25) is 0 Å². The molecule has 426 valence electrons. The zero-order valence-corrected chi connectivity index (χ0v) is 48.2. The number of hydrogen-bond acceptors (Lipinski definition) is 10. The van der Waals surface area contributed by atoms with E-state index in [1.807, 2.05) is 54.6 Å².